The molecule has 0 unspecified atom stereocenters. The van der Waals surface area contributed by atoms with Gasteiger partial charge in [0.2, 0.25) is 0 Å². The lowest BCUT2D eigenvalue weighted by Crippen LogP contribution is -1.99. The molecule has 4 aromatic rings. The molecule has 0 saturated carbocycles. The van der Waals surface area contributed by atoms with Crippen molar-refractivity contribution in [2.24, 2.45) is 0 Å². The molecule has 6 heteroatoms. The first-order valence-corrected chi connectivity index (χ1v) is 9.21. The Bertz CT molecular complexity index is 1040. The Balaban J connectivity index is 1.37. The first kappa shape index (κ1) is 17.6. The zero-order valence-electron chi connectivity index (χ0n) is 14.6. The molecule has 0 spiro atoms. The van der Waals surface area contributed by atoms with E-state index in [-0.39, 0.29) is 5.82 Å². The van der Waals surface area contributed by atoms with Crippen LogP contribution in [0.25, 0.3) is 11.0 Å². The molecule has 0 aliphatic heterocycles. The van der Waals surface area contributed by atoms with E-state index in [1.165, 1.54) is 12.1 Å². The molecule has 1 N–H and O–H groups in total. The summed E-state index contributed by atoms with van der Waals surface area (Å²) in [7, 11) is 0. The number of benzene rings is 1. The smallest absolute Gasteiger partial charge is 0.137 e. The fourth-order valence-corrected chi connectivity index (χ4v) is 3.26. The number of nitrogens with one attached hydrogen (secondary N) is 1. The normalized spacial score (nSPS) is 11.2. The number of pyridine rings is 1. The first-order chi connectivity index (χ1) is 13.2. The van der Waals surface area contributed by atoms with Gasteiger partial charge in [-0.25, -0.2) is 19.3 Å². The summed E-state index contributed by atoms with van der Waals surface area (Å²) in [5.74, 6) is 0.621. The van der Waals surface area contributed by atoms with E-state index in [9.17, 15) is 4.39 Å². The van der Waals surface area contributed by atoms with Gasteiger partial charge in [-0.1, -0.05) is 23.7 Å². The van der Waals surface area contributed by atoms with Gasteiger partial charge in [-0.15, -0.1) is 0 Å². The van der Waals surface area contributed by atoms with Crippen LogP contribution in [0.3, 0.4) is 0 Å². The van der Waals surface area contributed by atoms with E-state index >= 15 is 0 Å². The molecule has 0 aliphatic carbocycles. The van der Waals surface area contributed by atoms with Gasteiger partial charge in [0.05, 0.1) is 5.02 Å². The summed E-state index contributed by atoms with van der Waals surface area (Å²) in [4.78, 5) is 16.4. The summed E-state index contributed by atoms with van der Waals surface area (Å²) >= 11 is 6.05. The summed E-state index contributed by atoms with van der Waals surface area (Å²) in [5, 5.41) is 1.64. The Morgan fingerprint density at radius 1 is 0.926 bits per heavy atom. The molecule has 0 bridgehead atoms. The van der Waals surface area contributed by atoms with Crippen LogP contribution in [0.1, 0.15) is 28.9 Å². The molecule has 0 fully saturated rings. The number of halogens is 2. The topological polar surface area (TPSA) is 54.5 Å². The molecule has 136 valence electrons. The van der Waals surface area contributed by atoms with Crippen molar-refractivity contribution in [3.63, 3.8) is 0 Å². The van der Waals surface area contributed by atoms with Crippen molar-refractivity contribution in [3.05, 3.63) is 88.5 Å². The molecule has 0 atom stereocenters. The van der Waals surface area contributed by atoms with Crippen LogP contribution in [0.4, 0.5) is 4.39 Å². The fraction of sp³-hybridized carbons (Fsp3) is 0.190. The average molecular weight is 381 g/mol. The number of aromatic nitrogens is 4. The molecular formula is C21H18ClFN4. The van der Waals surface area contributed by atoms with Crippen molar-refractivity contribution in [1.29, 1.82) is 0 Å². The van der Waals surface area contributed by atoms with Crippen molar-refractivity contribution in [2.75, 3.05) is 0 Å². The van der Waals surface area contributed by atoms with E-state index in [0.29, 0.717) is 5.02 Å². The highest BCUT2D eigenvalue weighted by atomic mass is 35.5. The lowest BCUT2D eigenvalue weighted by atomic mass is 10.1. The lowest BCUT2D eigenvalue weighted by molar-refractivity contribution is 0.626. The maximum absolute atomic E-state index is 12.9. The second-order valence-corrected chi connectivity index (χ2v) is 6.96. The van der Waals surface area contributed by atoms with Crippen molar-refractivity contribution in [2.45, 2.75) is 25.7 Å². The highest BCUT2D eigenvalue weighted by Crippen LogP contribution is 2.22. The summed E-state index contributed by atoms with van der Waals surface area (Å²) in [6.45, 7) is 0. The van der Waals surface area contributed by atoms with E-state index in [1.54, 1.807) is 6.20 Å². The molecule has 1 aromatic carbocycles. The number of aromatic amines is 1. The first-order valence-electron chi connectivity index (χ1n) is 8.83. The Kier molecular flexibility index (Phi) is 5.12. The standard InChI is InChI=1S/C21H18ClFN4/c22-17-9-19-16(12-26-21(19)27-13-17)8-15-10-24-20(25-11-15)3-1-2-14-4-6-18(23)7-5-14/h4-7,9-13H,1-3,8H2,(H,26,27). The van der Waals surface area contributed by atoms with Crippen LogP contribution in [-0.2, 0) is 19.3 Å². The van der Waals surface area contributed by atoms with E-state index in [0.717, 1.165) is 59.2 Å². The number of hydrogen-bond donors (Lipinski definition) is 1. The predicted molar refractivity (Wildman–Crippen MR) is 104 cm³/mol. The van der Waals surface area contributed by atoms with Crippen LogP contribution in [-0.4, -0.2) is 19.9 Å². The zero-order chi connectivity index (χ0) is 18.6. The maximum Gasteiger partial charge on any atom is 0.137 e. The molecule has 3 heterocycles. The van der Waals surface area contributed by atoms with Gasteiger partial charge in [-0.3, -0.25) is 0 Å². The molecule has 0 radical (unpaired) electrons. The molecule has 0 aliphatic rings. The van der Waals surface area contributed by atoms with Gasteiger partial charge in [0.15, 0.2) is 0 Å². The third-order valence-corrected chi connectivity index (χ3v) is 4.72. The van der Waals surface area contributed by atoms with Crippen LogP contribution in [0.2, 0.25) is 5.02 Å². The number of nitrogens with zero attached hydrogens (tertiary/aromatic N) is 3. The zero-order valence-corrected chi connectivity index (χ0v) is 15.4. The SMILES string of the molecule is Fc1ccc(CCCc2ncc(Cc3c[nH]c4ncc(Cl)cc34)cn2)cc1. The molecule has 0 amide bonds. The van der Waals surface area contributed by atoms with E-state index in [4.69, 9.17) is 11.6 Å². The van der Waals surface area contributed by atoms with Crippen LogP contribution in [0, 0.1) is 5.82 Å². The second-order valence-electron chi connectivity index (χ2n) is 6.53. The van der Waals surface area contributed by atoms with Crippen LogP contribution < -0.4 is 0 Å². The van der Waals surface area contributed by atoms with Gasteiger partial charge in [0, 0.05) is 43.0 Å². The van der Waals surface area contributed by atoms with Crippen molar-refractivity contribution in [1.82, 2.24) is 19.9 Å². The van der Waals surface area contributed by atoms with Crippen LogP contribution >= 0.6 is 11.6 Å². The Hall–Kier alpha value is -2.79. The van der Waals surface area contributed by atoms with E-state index in [1.807, 2.05) is 36.8 Å². The number of aryl methyl sites for hydroxylation is 2. The number of hydrogen-bond acceptors (Lipinski definition) is 3. The van der Waals surface area contributed by atoms with Crippen molar-refractivity contribution in [3.8, 4) is 0 Å². The summed E-state index contributed by atoms with van der Waals surface area (Å²) in [5.41, 5.74) is 4.11. The molecular weight excluding hydrogens is 363 g/mol. The molecule has 3 aromatic heterocycles. The van der Waals surface area contributed by atoms with E-state index < -0.39 is 0 Å². The Morgan fingerprint density at radius 3 is 2.48 bits per heavy atom. The Morgan fingerprint density at radius 2 is 1.70 bits per heavy atom. The average Bonchev–Trinajstić information content (AvgIpc) is 3.07. The summed E-state index contributed by atoms with van der Waals surface area (Å²) < 4.78 is 12.9. The van der Waals surface area contributed by atoms with Gasteiger partial charge in [-0.2, -0.15) is 0 Å². The Labute approximate surface area is 161 Å². The quantitative estimate of drug-likeness (QED) is 0.517. The van der Waals surface area contributed by atoms with Gasteiger partial charge < -0.3 is 4.98 Å². The minimum absolute atomic E-state index is 0.203. The maximum atomic E-state index is 12.9. The van der Waals surface area contributed by atoms with E-state index in [2.05, 4.69) is 19.9 Å². The van der Waals surface area contributed by atoms with Gasteiger partial charge >= 0.3 is 0 Å². The third-order valence-electron chi connectivity index (χ3n) is 4.52. The number of fused-ring (bicyclic) bond motifs is 1. The largest absolute Gasteiger partial charge is 0.346 e. The van der Waals surface area contributed by atoms with Gasteiger partial charge in [0.25, 0.3) is 0 Å². The summed E-state index contributed by atoms with van der Waals surface area (Å²) in [6, 6.07) is 8.55. The fourth-order valence-electron chi connectivity index (χ4n) is 3.10. The van der Waals surface area contributed by atoms with Gasteiger partial charge in [0.1, 0.15) is 17.3 Å². The van der Waals surface area contributed by atoms with Gasteiger partial charge in [-0.05, 0) is 47.7 Å². The van der Waals surface area contributed by atoms with Crippen LogP contribution in [0.5, 0.6) is 0 Å². The molecule has 27 heavy (non-hydrogen) atoms. The predicted octanol–water partition coefficient (Wildman–Crippen LogP) is 4.91. The minimum Gasteiger partial charge on any atom is -0.346 e. The minimum atomic E-state index is -0.203. The molecule has 0 saturated heterocycles. The number of H-pyrrole nitrogens is 1. The second kappa shape index (κ2) is 7.84. The molecule has 4 nitrogen and oxygen atoms in total. The lowest BCUT2D eigenvalue weighted by Gasteiger charge is -2.04. The summed E-state index contributed by atoms with van der Waals surface area (Å²) in [6.07, 6.45) is 10.7. The highest BCUT2D eigenvalue weighted by Gasteiger charge is 2.07. The van der Waals surface area contributed by atoms with Crippen LogP contribution in [0.15, 0.2) is 55.1 Å². The molecule has 4 rings (SSSR count). The monoisotopic (exact) mass is 380 g/mol. The van der Waals surface area contributed by atoms with Crippen molar-refractivity contribution >= 4 is 22.6 Å². The highest BCUT2D eigenvalue weighted by molar-refractivity contribution is 6.31. The van der Waals surface area contributed by atoms with Crippen molar-refractivity contribution < 1.29 is 4.39 Å². The number of rotatable bonds is 6. The third kappa shape index (κ3) is 4.31.